The largest absolute Gasteiger partial charge is 0.465 e. The summed E-state index contributed by atoms with van der Waals surface area (Å²) in [5, 5.41) is 0. The summed E-state index contributed by atoms with van der Waals surface area (Å²) in [4.78, 5) is 13.8. The van der Waals surface area contributed by atoms with Gasteiger partial charge in [-0.1, -0.05) is 32.9 Å². The lowest BCUT2D eigenvalue weighted by Crippen LogP contribution is -2.49. The van der Waals surface area contributed by atoms with Crippen molar-refractivity contribution in [3.8, 4) is 0 Å². The van der Waals surface area contributed by atoms with Gasteiger partial charge in [0.25, 0.3) is 0 Å². The summed E-state index contributed by atoms with van der Waals surface area (Å²) in [6.45, 7) is 10.6. The first-order chi connectivity index (χ1) is 12.2. The topological polar surface area (TPSA) is 66.9 Å². The first kappa shape index (κ1) is 20.9. The quantitative estimate of drug-likeness (QED) is 0.677. The third kappa shape index (κ3) is 4.84. The highest BCUT2D eigenvalue weighted by molar-refractivity contribution is 7.89. The smallest absolute Gasteiger partial charge is 0.320 e. The minimum absolute atomic E-state index is 0.0288. The number of carbonyl (C=O) groups excluding carboxylic acids is 1. The molecule has 0 amide bonds. The summed E-state index contributed by atoms with van der Waals surface area (Å²) in [6, 6.07) is 7.22. The Morgan fingerprint density at radius 1 is 1.08 bits per heavy atom. The average Bonchev–Trinajstić information content (AvgIpc) is 2.62. The summed E-state index contributed by atoms with van der Waals surface area (Å²) in [7, 11) is -3.50. The van der Waals surface area contributed by atoms with Crippen LogP contribution in [0.4, 0.5) is 0 Å². The van der Waals surface area contributed by atoms with Crippen LogP contribution in [0.1, 0.15) is 39.7 Å². The first-order valence-corrected chi connectivity index (χ1v) is 10.6. The van der Waals surface area contributed by atoms with E-state index in [1.807, 2.05) is 17.0 Å². The summed E-state index contributed by atoms with van der Waals surface area (Å²) in [5.41, 5.74) is 1.17. The van der Waals surface area contributed by atoms with Gasteiger partial charge in [-0.05, 0) is 36.5 Å². The Balaban J connectivity index is 2.02. The van der Waals surface area contributed by atoms with E-state index < -0.39 is 10.0 Å². The van der Waals surface area contributed by atoms with Crippen molar-refractivity contribution in [3.63, 3.8) is 0 Å². The monoisotopic (exact) mass is 382 g/mol. The van der Waals surface area contributed by atoms with Crippen LogP contribution in [-0.2, 0) is 25.0 Å². The number of benzene rings is 1. The second-order valence-corrected chi connectivity index (χ2v) is 9.19. The van der Waals surface area contributed by atoms with Crippen molar-refractivity contribution in [2.45, 2.75) is 44.4 Å². The van der Waals surface area contributed by atoms with E-state index in [4.69, 9.17) is 4.74 Å². The van der Waals surface area contributed by atoms with Crippen LogP contribution in [0.25, 0.3) is 0 Å². The lowest BCUT2D eigenvalue weighted by atomic mass is 9.82. The number of piperazine rings is 1. The van der Waals surface area contributed by atoms with Gasteiger partial charge in [0.1, 0.15) is 0 Å². The molecule has 6 nitrogen and oxygen atoms in total. The predicted octanol–water partition coefficient (Wildman–Crippen LogP) is 2.24. The molecule has 26 heavy (non-hydrogen) atoms. The molecule has 1 aromatic rings. The molecular weight excluding hydrogens is 352 g/mol. The van der Waals surface area contributed by atoms with Crippen molar-refractivity contribution in [2.24, 2.45) is 0 Å². The number of esters is 1. The number of rotatable bonds is 7. The molecule has 1 aliphatic rings. The average molecular weight is 383 g/mol. The fourth-order valence-electron chi connectivity index (χ4n) is 2.95. The van der Waals surface area contributed by atoms with E-state index in [1.54, 1.807) is 19.1 Å². The van der Waals surface area contributed by atoms with E-state index in [0.717, 1.165) is 12.0 Å². The molecular formula is C19H30N2O4S. The SMILES string of the molecule is CCOC(=O)CN1CCN(S(=O)(=O)c2ccc(C(C)(C)CC)cc2)CC1. The van der Waals surface area contributed by atoms with Crippen LogP contribution in [0.3, 0.4) is 0 Å². The summed E-state index contributed by atoms with van der Waals surface area (Å²) in [5.74, 6) is -0.266. The molecule has 1 aromatic carbocycles. The second kappa shape index (κ2) is 8.50. The molecule has 7 heteroatoms. The van der Waals surface area contributed by atoms with Crippen LogP contribution in [0.2, 0.25) is 0 Å². The standard InChI is InChI=1S/C19H30N2O4S/c1-5-19(3,4)16-7-9-17(10-8-16)26(23,24)21-13-11-20(12-14-21)15-18(22)25-6-2/h7-10H,5-6,11-15H2,1-4H3. The molecule has 1 heterocycles. The number of ether oxygens (including phenoxy) is 1. The van der Waals surface area contributed by atoms with Crippen molar-refractivity contribution in [2.75, 3.05) is 39.3 Å². The van der Waals surface area contributed by atoms with Gasteiger partial charge in [-0.3, -0.25) is 9.69 Å². The predicted molar refractivity (Wildman–Crippen MR) is 102 cm³/mol. The maximum absolute atomic E-state index is 12.9. The van der Waals surface area contributed by atoms with Crippen LogP contribution < -0.4 is 0 Å². The summed E-state index contributed by atoms with van der Waals surface area (Å²) >= 11 is 0. The molecule has 1 aliphatic heterocycles. The second-order valence-electron chi connectivity index (χ2n) is 7.25. The molecule has 0 aromatic heterocycles. The molecule has 0 bridgehead atoms. The Hall–Kier alpha value is -1.44. The van der Waals surface area contributed by atoms with Gasteiger partial charge in [-0.25, -0.2) is 8.42 Å². The van der Waals surface area contributed by atoms with Crippen molar-refractivity contribution < 1.29 is 17.9 Å². The molecule has 1 saturated heterocycles. The minimum Gasteiger partial charge on any atom is -0.465 e. The van der Waals surface area contributed by atoms with Gasteiger partial charge in [0.2, 0.25) is 10.0 Å². The van der Waals surface area contributed by atoms with Gasteiger partial charge in [0, 0.05) is 26.2 Å². The molecule has 0 atom stereocenters. The highest BCUT2D eigenvalue weighted by Crippen LogP contribution is 2.28. The van der Waals surface area contributed by atoms with E-state index in [1.165, 1.54) is 4.31 Å². The van der Waals surface area contributed by atoms with Gasteiger partial charge in [-0.2, -0.15) is 4.31 Å². The maximum atomic E-state index is 12.9. The van der Waals surface area contributed by atoms with E-state index in [2.05, 4.69) is 20.8 Å². The third-order valence-corrected chi connectivity index (χ3v) is 7.06. The number of carbonyl (C=O) groups is 1. The van der Waals surface area contributed by atoms with Crippen LogP contribution in [0, 0.1) is 0 Å². The van der Waals surface area contributed by atoms with Crippen molar-refractivity contribution in [1.29, 1.82) is 0 Å². The highest BCUT2D eigenvalue weighted by Gasteiger charge is 2.29. The Bertz CT molecular complexity index is 706. The lowest BCUT2D eigenvalue weighted by molar-refractivity contribution is -0.144. The maximum Gasteiger partial charge on any atom is 0.320 e. The highest BCUT2D eigenvalue weighted by atomic mass is 32.2. The zero-order valence-corrected chi connectivity index (χ0v) is 17.0. The zero-order chi connectivity index (χ0) is 19.4. The van der Waals surface area contributed by atoms with Crippen LogP contribution in [0.5, 0.6) is 0 Å². The molecule has 0 N–H and O–H groups in total. The lowest BCUT2D eigenvalue weighted by Gasteiger charge is -2.33. The van der Waals surface area contributed by atoms with E-state index in [9.17, 15) is 13.2 Å². The number of nitrogens with zero attached hydrogens (tertiary/aromatic N) is 2. The van der Waals surface area contributed by atoms with Crippen LogP contribution in [0.15, 0.2) is 29.2 Å². The molecule has 0 saturated carbocycles. The Morgan fingerprint density at radius 3 is 2.15 bits per heavy atom. The van der Waals surface area contributed by atoms with E-state index in [0.29, 0.717) is 37.7 Å². The van der Waals surface area contributed by atoms with Gasteiger partial charge in [0.15, 0.2) is 0 Å². The molecule has 146 valence electrons. The Kier molecular flexibility index (Phi) is 6.82. The fraction of sp³-hybridized carbons (Fsp3) is 0.632. The fourth-order valence-corrected chi connectivity index (χ4v) is 4.37. The van der Waals surface area contributed by atoms with Gasteiger partial charge >= 0.3 is 5.97 Å². The normalized spacial score (nSPS) is 17.2. The van der Waals surface area contributed by atoms with Crippen molar-refractivity contribution in [1.82, 2.24) is 9.21 Å². The van der Waals surface area contributed by atoms with Crippen molar-refractivity contribution in [3.05, 3.63) is 29.8 Å². The number of hydrogen-bond donors (Lipinski definition) is 0. The number of sulfonamides is 1. The summed E-state index contributed by atoms with van der Waals surface area (Å²) < 4.78 is 32.2. The third-order valence-electron chi connectivity index (χ3n) is 5.15. The molecule has 0 radical (unpaired) electrons. The molecule has 0 spiro atoms. The van der Waals surface area contributed by atoms with E-state index >= 15 is 0 Å². The first-order valence-electron chi connectivity index (χ1n) is 9.19. The molecule has 2 rings (SSSR count). The van der Waals surface area contributed by atoms with Crippen molar-refractivity contribution >= 4 is 16.0 Å². The van der Waals surface area contributed by atoms with Gasteiger partial charge in [0.05, 0.1) is 18.0 Å². The van der Waals surface area contributed by atoms with Gasteiger partial charge < -0.3 is 4.74 Å². The Labute approximate surface area is 157 Å². The van der Waals surface area contributed by atoms with E-state index in [-0.39, 0.29) is 17.9 Å². The van der Waals surface area contributed by atoms with Crippen LogP contribution in [-0.4, -0.2) is 62.9 Å². The molecule has 0 unspecified atom stereocenters. The minimum atomic E-state index is -3.50. The van der Waals surface area contributed by atoms with Gasteiger partial charge in [-0.15, -0.1) is 0 Å². The molecule has 1 fully saturated rings. The zero-order valence-electron chi connectivity index (χ0n) is 16.2. The Morgan fingerprint density at radius 2 is 1.65 bits per heavy atom. The summed E-state index contributed by atoms with van der Waals surface area (Å²) in [6.07, 6.45) is 0.988. The van der Waals surface area contributed by atoms with Crippen LogP contribution >= 0.6 is 0 Å². The number of hydrogen-bond acceptors (Lipinski definition) is 5. The molecule has 0 aliphatic carbocycles.